The fourth-order valence-corrected chi connectivity index (χ4v) is 1.97. The minimum Gasteiger partial charge on any atom is -0.396 e. The molecule has 3 N–H and O–H groups in total. The summed E-state index contributed by atoms with van der Waals surface area (Å²) in [6.07, 6.45) is 5.02. The van der Waals surface area contributed by atoms with E-state index in [0.717, 1.165) is 22.5 Å². The lowest BCUT2D eigenvalue weighted by molar-refractivity contribution is 0.708. The van der Waals surface area contributed by atoms with Crippen LogP contribution in [0, 0.1) is 0 Å². The number of nitrogens with zero attached hydrogens (tertiary/aromatic N) is 4. The Balaban J connectivity index is 2.13. The number of anilines is 2. The van der Waals surface area contributed by atoms with Crippen molar-refractivity contribution in [3.05, 3.63) is 29.0 Å². The Morgan fingerprint density at radius 3 is 3.00 bits per heavy atom. The van der Waals surface area contributed by atoms with Crippen molar-refractivity contribution in [3.8, 4) is 0 Å². The molecule has 17 heavy (non-hydrogen) atoms. The van der Waals surface area contributed by atoms with E-state index in [0.29, 0.717) is 12.2 Å². The fraction of sp³-hybridized carbons (Fsp3) is 0.300. The van der Waals surface area contributed by atoms with Crippen LogP contribution in [0.25, 0.3) is 0 Å². The van der Waals surface area contributed by atoms with Crippen LogP contribution in [0.3, 0.4) is 0 Å². The van der Waals surface area contributed by atoms with Crippen LogP contribution in [0.2, 0.25) is 0 Å². The van der Waals surface area contributed by atoms with Crippen molar-refractivity contribution in [2.75, 3.05) is 11.1 Å². The Bertz CT molecular complexity index is 489. The third kappa shape index (κ3) is 2.55. The van der Waals surface area contributed by atoms with Gasteiger partial charge in [-0.25, -0.2) is 0 Å². The van der Waals surface area contributed by atoms with E-state index in [9.17, 15) is 0 Å². The molecule has 0 aromatic carbocycles. The largest absolute Gasteiger partial charge is 0.396 e. The van der Waals surface area contributed by atoms with Gasteiger partial charge in [0.25, 0.3) is 0 Å². The predicted molar refractivity (Wildman–Crippen MR) is 69.4 cm³/mol. The van der Waals surface area contributed by atoms with E-state index in [-0.39, 0.29) is 0 Å². The van der Waals surface area contributed by atoms with Gasteiger partial charge in [-0.05, 0) is 22.9 Å². The van der Waals surface area contributed by atoms with Crippen LogP contribution in [0.4, 0.5) is 11.4 Å². The molecule has 0 spiro atoms. The lowest BCUT2D eigenvalue weighted by Crippen LogP contribution is -2.09. The number of hydrogen-bond donors (Lipinski definition) is 2. The first-order valence-electron chi connectivity index (χ1n) is 5.22. The van der Waals surface area contributed by atoms with Gasteiger partial charge in [0.1, 0.15) is 6.33 Å². The van der Waals surface area contributed by atoms with E-state index in [2.05, 4.69) is 36.4 Å². The molecule has 0 amide bonds. The number of aromatic nitrogens is 4. The number of nitrogens with two attached hydrogens (primary N) is 1. The molecule has 0 aliphatic carbocycles. The quantitative estimate of drug-likeness (QED) is 0.896. The molecule has 0 saturated carbocycles. The van der Waals surface area contributed by atoms with E-state index in [1.54, 1.807) is 18.7 Å². The molecule has 2 rings (SSSR count). The highest BCUT2D eigenvalue weighted by Gasteiger charge is 2.07. The van der Waals surface area contributed by atoms with Crippen molar-refractivity contribution in [2.45, 2.75) is 20.0 Å². The zero-order valence-corrected chi connectivity index (χ0v) is 11.0. The summed E-state index contributed by atoms with van der Waals surface area (Å²) >= 11 is 3.40. The molecule has 6 nitrogen and oxygen atoms in total. The maximum absolute atomic E-state index is 5.83. The second-order valence-electron chi connectivity index (χ2n) is 3.47. The van der Waals surface area contributed by atoms with Crippen LogP contribution in [0.5, 0.6) is 0 Å². The summed E-state index contributed by atoms with van der Waals surface area (Å²) in [6.45, 7) is 3.46. The van der Waals surface area contributed by atoms with Crippen molar-refractivity contribution in [2.24, 2.45) is 0 Å². The normalized spacial score (nSPS) is 10.5. The van der Waals surface area contributed by atoms with Crippen LogP contribution < -0.4 is 11.1 Å². The predicted octanol–water partition coefficient (Wildman–Crippen LogP) is 1.65. The Hall–Kier alpha value is -1.63. The molecular weight excluding hydrogens is 284 g/mol. The standard InChI is InChI=1S/C10H13BrN6/c1-2-17-6-15-16-9(17)5-14-10-7(11)3-13-4-8(10)12/h3-4,6H,2,5,12H2,1H3,(H,13,14). The highest BCUT2D eigenvalue weighted by Crippen LogP contribution is 2.27. The zero-order valence-electron chi connectivity index (χ0n) is 9.39. The second kappa shape index (κ2) is 5.13. The molecule has 0 atom stereocenters. The summed E-state index contributed by atoms with van der Waals surface area (Å²) in [4.78, 5) is 3.98. The first kappa shape index (κ1) is 11.8. The molecule has 0 radical (unpaired) electrons. The summed E-state index contributed by atoms with van der Waals surface area (Å²) in [5, 5.41) is 11.1. The van der Waals surface area contributed by atoms with Crippen molar-refractivity contribution < 1.29 is 0 Å². The van der Waals surface area contributed by atoms with Gasteiger partial charge in [-0.15, -0.1) is 10.2 Å². The van der Waals surface area contributed by atoms with Crippen molar-refractivity contribution >= 4 is 27.3 Å². The number of nitrogens with one attached hydrogen (secondary N) is 1. The molecule has 2 heterocycles. The monoisotopic (exact) mass is 296 g/mol. The smallest absolute Gasteiger partial charge is 0.152 e. The summed E-state index contributed by atoms with van der Waals surface area (Å²) < 4.78 is 2.80. The van der Waals surface area contributed by atoms with E-state index >= 15 is 0 Å². The zero-order chi connectivity index (χ0) is 12.3. The number of rotatable bonds is 4. The lowest BCUT2D eigenvalue weighted by atomic mass is 10.3. The molecule has 7 heteroatoms. The van der Waals surface area contributed by atoms with E-state index < -0.39 is 0 Å². The third-order valence-electron chi connectivity index (χ3n) is 2.39. The first-order valence-corrected chi connectivity index (χ1v) is 6.01. The number of aryl methyl sites for hydroxylation is 1. The lowest BCUT2D eigenvalue weighted by Gasteiger charge is -2.10. The SMILES string of the molecule is CCn1cnnc1CNc1c(N)cncc1Br. The maximum Gasteiger partial charge on any atom is 0.152 e. The van der Waals surface area contributed by atoms with Crippen molar-refractivity contribution in [3.63, 3.8) is 0 Å². The van der Waals surface area contributed by atoms with Crippen LogP contribution in [0.1, 0.15) is 12.7 Å². The van der Waals surface area contributed by atoms with Gasteiger partial charge in [-0.3, -0.25) is 4.98 Å². The van der Waals surface area contributed by atoms with Gasteiger partial charge in [0.05, 0.1) is 28.6 Å². The van der Waals surface area contributed by atoms with Crippen LogP contribution >= 0.6 is 15.9 Å². The van der Waals surface area contributed by atoms with Crippen molar-refractivity contribution in [1.29, 1.82) is 0 Å². The second-order valence-corrected chi connectivity index (χ2v) is 4.33. The topological polar surface area (TPSA) is 81.7 Å². The number of nitrogen functional groups attached to an aromatic ring is 1. The average molecular weight is 297 g/mol. The minimum absolute atomic E-state index is 0.570. The van der Waals surface area contributed by atoms with Crippen molar-refractivity contribution in [1.82, 2.24) is 19.7 Å². The maximum atomic E-state index is 5.83. The van der Waals surface area contributed by atoms with Crippen LogP contribution in [-0.4, -0.2) is 19.7 Å². The molecule has 2 aromatic heterocycles. The van der Waals surface area contributed by atoms with E-state index in [4.69, 9.17) is 5.73 Å². The van der Waals surface area contributed by atoms with Gasteiger partial charge in [-0.1, -0.05) is 0 Å². The summed E-state index contributed by atoms with van der Waals surface area (Å²) in [7, 11) is 0. The van der Waals surface area contributed by atoms with Gasteiger partial charge < -0.3 is 15.6 Å². The molecule has 0 aliphatic heterocycles. The average Bonchev–Trinajstić information content (AvgIpc) is 2.76. The summed E-state index contributed by atoms with van der Waals surface area (Å²) in [6, 6.07) is 0. The molecule has 0 aliphatic rings. The van der Waals surface area contributed by atoms with E-state index in [1.165, 1.54) is 0 Å². The molecule has 2 aromatic rings. The fourth-order valence-electron chi connectivity index (χ4n) is 1.48. The highest BCUT2D eigenvalue weighted by molar-refractivity contribution is 9.10. The highest BCUT2D eigenvalue weighted by atomic mass is 79.9. The van der Waals surface area contributed by atoms with Crippen LogP contribution in [-0.2, 0) is 13.1 Å². The number of hydrogen-bond acceptors (Lipinski definition) is 5. The van der Waals surface area contributed by atoms with E-state index in [1.807, 2.05) is 11.5 Å². The minimum atomic E-state index is 0.570. The Morgan fingerprint density at radius 1 is 1.47 bits per heavy atom. The summed E-state index contributed by atoms with van der Waals surface area (Å²) in [5.74, 6) is 0.871. The third-order valence-corrected chi connectivity index (χ3v) is 2.99. The molecule has 0 fully saturated rings. The van der Waals surface area contributed by atoms with Gasteiger partial charge in [0.2, 0.25) is 0 Å². The Morgan fingerprint density at radius 2 is 2.29 bits per heavy atom. The number of pyridine rings is 1. The van der Waals surface area contributed by atoms with Gasteiger partial charge in [-0.2, -0.15) is 0 Å². The Kier molecular flexibility index (Phi) is 3.58. The van der Waals surface area contributed by atoms with Gasteiger partial charge >= 0.3 is 0 Å². The molecule has 0 saturated heterocycles. The Labute approximate surface area is 107 Å². The molecule has 90 valence electrons. The molecule has 0 unspecified atom stereocenters. The van der Waals surface area contributed by atoms with Gasteiger partial charge in [0.15, 0.2) is 5.82 Å². The number of halogens is 1. The molecule has 0 bridgehead atoms. The first-order chi connectivity index (χ1) is 8.22. The van der Waals surface area contributed by atoms with Crippen LogP contribution in [0.15, 0.2) is 23.2 Å². The summed E-state index contributed by atoms with van der Waals surface area (Å²) in [5.41, 5.74) is 7.26. The molecular formula is C10H13BrN6. The van der Waals surface area contributed by atoms with Gasteiger partial charge in [0, 0.05) is 12.7 Å².